The average Bonchev–Trinajstić information content (AvgIpc) is 2.83. The minimum atomic E-state index is 0.620. The van der Waals surface area contributed by atoms with Crippen molar-refractivity contribution in [2.24, 2.45) is 5.92 Å². The summed E-state index contributed by atoms with van der Waals surface area (Å²) >= 11 is 0. The van der Waals surface area contributed by atoms with E-state index in [-0.39, 0.29) is 0 Å². The van der Waals surface area contributed by atoms with Crippen molar-refractivity contribution in [1.29, 1.82) is 0 Å². The number of nitrogen functional groups attached to an aromatic ring is 1. The fourth-order valence-corrected chi connectivity index (χ4v) is 2.42. The Morgan fingerprint density at radius 3 is 2.80 bits per heavy atom. The lowest BCUT2D eigenvalue weighted by Crippen LogP contribution is -2.12. The van der Waals surface area contributed by atoms with Gasteiger partial charge in [-0.25, -0.2) is 4.68 Å². The molecule has 1 heterocycles. The second-order valence-corrected chi connectivity index (χ2v) is 4.50. The van der Waals surface area contributed by atoms with E-state index in [0.29, 0.717) is 5.82 Å². The third-order valence-electron chi connectivity index (χ3n) is 3.26. The largest absolute Gasteiger partial charge is 0.381 e. The number of hydrogen-bond donors (Lipinski definition) is 1. The Morgan fingerprint density at radius 1 is 1.40 bits per heavy atom. The summed E-state index contributed by atoms with van der Waals surface area (Å²) in [6.07, 6.45) is 7.51. The van der Waals surface area contributed by atoms with Gasteiger partial charge in [-0.2, -0.15) is 0 Å². The van der Waals surface area contributed by atoms with Crippen LogP contribution in [-0.2, 0) is 13.0 Å². The van der Waals surface area contributed by atoms with E-state index < -0.39 is 0 Å². The number of anilines is 1. The predicted octanol–water partition coefficient (Wildman–Crippen LogP) is 2.00. The van der Waals surface area contributed by atoms with Crippen molar-refractivity contribution in [3.05, 3.63) is 5.69 Å². The molecule has 0 unspecified atom stereocenters. The van der Waals surface area contributed by atoms with Crippen LogP contribution in [0.2, 0.25) is 0 Å². The van der Waals surface area contributed by atoms with E-state index in [1.165, 1.54) is 25.7 Å². The van der Waals surface area contributed by atoms with Gasteiger partial charge < -0.3 is 5.73 Å². The fourth-order valence-electron chi connectivity index (χ4n) is 2.42. The second-order valence-electron chi connectivity index (χ2n) is 4.50. The van der Waals surface area contributed by atoms with Gasteiger partial charge in [0, 0.05) is 6.54 Å². The molecule has 84 valence electrons. The summed E-state index contributed by atoms with van der Waals surface area (Å²) in [7, 11) is 0. The Kier molecular flexibility index (Phi) is 3.23. The zero-order valence-electron chi connectivity index (χ0n) is 9.45. The summed E-state index contributed by atoms with van der Waals surface area (Å²) < 4.78 is 2.02. The van der Waals surface area contributed by atoms with Crippen LogP contribution in [0.3, 0.4) is 0 Å². The van der Waals surface area contributed by atoms with Crippen LogP contribution in [0.25, 0.3) is 0 Å². The maximum absolute atomic E-state index is 5.81. The third kappa shape index (κ3) is 2.30. The molecule has 0 saturated heterocycles. The van der Waals surface area contributed by atoms with Crippen molar-refractivity contribution in [3.63, 3.8) is 0 Å². The van der Waals surface area contributed by atoms with Gasteiger partial charge in [-0.3, -0.25) is 0 Å². The van der Waals surface area contributed by atoms with Gasteiger partial charge in [-0.15, -0.1) is 5.10 Å². The molecule has 1 aliphatic rings. The van der Waals surface area contributed by atoms with E-state index in [0.717, 1.165) is 31.0 Å². The minimum absolute atomic E-state index is 0.620. The van der Waals surface area contributed by atoms with Crippen molar-refractivity contribution in [2.75, 3.05) is 5.73 Å². The normalized spacial score (nSPS) is 17.4. The summed E-state index contributed by atoms with van der Waals surface area (Å²) in [6.45, 7) is 3.17. The highest BCUT2D eigenvalue weighted by molar-refractivity contribution is 5.32. The van der Waals surface area contributed by atoms with Gasteiger partial charge in [0.1, 0.15) is 0 Å². The zero-order valence-corrected chi connectivity index (χ0v) is 9.45. The zero-order chi connectivity index (χ0) is 10.7. The molecule has 1 aromatic rings. The van der Waals surface area contributed by atoms with E-state index >= 15 is 0 Å². The van der Waals surface area contributed by atoms with Crippen molar-refractivity contribution in [1.82, 2.24) is 15.0 Å². The lowest BCUT2D eigenvalue weighted by molar-refractivity contribution is 0.411. The number of aromatic nitrogens is 3. The highest BCUT2D eigenvalue weighted by Gasteiger charge is 2.18. The Bertz CT molecular complexity index is 312. The molecule has 1 saturated carbocycles. The van der Waals surface area contributed by atoms with Crippen LogP contribution in [0.5, 0.6) is 0 Å². The first-order valence-corrected chi connectivity index (χ1v) is 5.99. The van der Waals surface area contributed by atoms with E-state index in [1.807, 2.05) is 4.68 Å². The first-order chi connectivity index (χ1) is 7.31. The van der Waals surface area contributed by atoms with Gasteiger partial charge in [-0.1, -0.05) is 31.4 Å². The molecule has 0 radical (unpaired) electrons. The standard InChI is InChI=1S/C11H20N4/c1-2-5-10-11(12)13-14-15(10)8-9-6-3-4-7-9/h9H,2-8,12H2,1H3. The van der Waals surface area contributed by atoms with Gasteiger partial charge in [-0.05, 0) is 25.2 Å². The highest BCUT2D eigenvalue weighted by atomic mass is 15.4. The van der Waals surface area contributed by atoms with E-state index in [9.17, 15) is 0 Å². The summed E-state index contributed by atoms with van der Waals surface area (Å²) in [6, 6.07) is 0. The Labute approximate surface area is 90.8 Å². The number of nitrogens with zero attached hydrogens (tertiary/aromatic N) is 3. The van der Waals surface area contributed by atoms with Crippen LogP contribution >= 0.6 is 0 Å². The van der Waals surface area contributed by atoms with E-state index in [2.05, 4.69) is 17.2 Å². The van der Waals surface area contributed by atoms with Crippen molar-refractivity contribution in [2.45, 2.75) is 52.0 Å². The molecular weight excluding hydrogens is 188 g/mol. The Morgan fingerprint density at radius 2 is 2.13 bits per heavy atom. The van der Waals surface area contributed by atoms with Crippen LogP contribution < -0.4 is 5.73 Å². The molecule has 2 rings (SSSR count). The summed E-state index contributed by atoms with van der Waals surface area (Å²) in [5.74, 6) is 1.41. The Balaban J connectivity index is 2.05. The molecule has 0 atom stereocenters. The monoisotopic (exact) mass is 208 g/mol. The molecule has 0 aliphatic heterocycles. The molecule has 1 aromatic heterocycles. The molecule has 0 spiro atoms. The van der Waals surface area contributed by atoms with E-state index in [1.54, 1.807) is 0 Å². The first-order valence-electron chi connectivity index (χ1n) is 5.99. The molecule has 1 aliphatic carbocycles. The quantitative estimate of drug-likeness (QED) is 0.823. The summed E-state index contributed by atoms with van der Waals surface area (Å²) in [5, 5.41) is 8.11. The SMILES string of the molecule is CCCc1c(N)nnn1CC1CCCC1. The van der Waals surface area contributed by atoms with Crippen molar-refractivity contribution < 1.29 is 0 Å². The molecule has 4 nitrogen and oxygen atoms in total. The van der Waals surface area contributed by atoms with Crippen molar-refractivity contribution >= 4 is 5.82 Å². The van der Waals surface area contributed by atoms with Crippen molar-refractivity contribution in [3.8, 4) is 0 Å². The average molecular weight is 208 g/mol. The molecule has 4 heteroatoms. The van der Waals surface area contributed by atoms with E-state index in [4.69, 9.17) is 5.73 Å². The van der Waals surface area contributed by atoms with Gasteiger partial charge in [0.15, 0.2) is 5.82 Å². The molecule has 1 fully saturated rings. The number of rotatable bonds is 4. The fraction of sp³-hybridized carbons (Fsp3) is 0.818. The maximum Gasteiger partial charge on any atom is 0.169 e. The van der Waals surface area contributed by atoms with Crippen LogP contribution in [-0.4, -0.2) is 15.0 Å². The highest BCUT2D eigenvalue weighted by Crippen LogP contribution is 2.26. The van der Waals surface area contributed by atoms with Gasteiger partial charge in [0.05, 0.1) is 5.69 Å². The van der Waals surface area contributed by atoms with Gasteiger partial charge in [0.2, 0.25) is 0 Å². The predicted molar refractivity (Wildman–Crippen MR) is 60.4 cm³/mol. The lowest BCUT2D eigenvalue weighted by Gasteiger charge is -2.10. The first kappa shape index (κ1) is 10.5. The summed E-state index contributed by atoms with van der Waals surface area (Å²) in [4.78, 5) is 0. The lowest BCUT2D eigenvalue weighted by atomic mass is 10.1. The van der Waals surface area contributed by atoms with Gasteiger partial charge in [0.25, 0.3) is 0 Å². The number of nitrogens with two attached hydrogens (primary N) is 1. The van der Waals surface area contributed by atoms with Gasteiger partial charge >= 0.3 is 0 Å². The topological polar surface area (TPSA) is 56.7 Å². The van der Waals surface area contributed by atoms with Crippen LogP contribution in [0.1, 0.15) is 44.7 Å². The smallest absolute Gasteiger partial charge is 0.169 e. The van der Waals surface area contributed by atoms with Crippen LogP contribution in [0, 0.1) is 5.92 Å². The van der Waals surface area contributed by atoms with Crippen LogP contribution in [0.4, 0.5) is 5.82 Å². The summed E-state index contributed by atoms with van der Waals surface area (Å²) in [5.41, 5.74) is 6.94. The molecule has 0 bridgehead atoms. The molecular formula is C11H20N4. The Hall–Kier alpha value is -1.06. The molecule has 2 N–H and O–H groups in total. The molecule has 0 amide bonds. The number of hydrogen-bond acceptors (Lipinski definition) is 3. The van der Waals surface area contributed by atoms with Crippen LogP contribution in [0.15, 0.2) is 0 Å². The minimum Gasteiger partial charge on any atom is -0.381 e. The molecule has 0 aromatic carbocycles. The second kappa shape index (κ2) is 4.64. The third-order valence-corrected chi connectivity index (χ3v) is 3.26. The maximum atomic E-state index is 5.81. The molecule has 15 heavy (non-hydrogen) atoms.